The topological polar surface area (TPSA) is 35.5 Å². The standard InChI is InChI=1S/C13H20O3/c1-9-4-5-10-11(6-9)15-7-13(2,3)8-16-12(10)14/h6,10-11H,4-5,7-8H2,1-3H3/t10-,11+/m1/s1. The SMILES string of the molecule is CC1=C[C@@H]2OCC(C)(C)COC(=O)[C@@H]2CC1. The lowest BCUT2D eigenvalue weighted by molar-refractivity contribution is -0.166. The summed E-state index contributed by atoms with van der Waals surface area (Å²) in [6.07, 6.45) is 3.83. The van der Waals surface area contributed by atoms with Crippen molar-refractivity contribution >= 4 is 5.97 Å². The maximum absolute atomic E-state index is 11.9. The highest BCUT2D eigenvalue weighted by Gasteiger charge is 2.36. The van der Waals surface area contributed by atoms with Crippen LogP contribution in [0.4, 0.5) is 0 Å². The highest BCUT2D eigenvalue weighted by molar-refractivity contribution is 5.74. The van der Waals surface area contributed by atoms with Crippen molar-refractivity contribution in [2.24, 2.45) is 11.3 Å². The van der Waals surface area contributed by atoms with Crippen molar-refractivity contribution in [2.45, 2.75) is 39.7 Å². The second kappa shape index (κ2) is 4.21. The molecule has 0 amide bonds. The van der Waals surface area contributed by atoms with Crippen molar-refractivity contribution < 1.29 is 14.3 Å². The molecule has 0 unspecified atom stereocenters. The Bertz CT molecular complexity index is 317. The quantitative estimate of drug-likeness (QED) is 0.468. The third-order valence-electron chi connectivity index (χ3n) is 3.27. The molecule has 90 valence electrons. The summed E-state index contributed by atoms with van der Waals surface area (Å²) in [6, 6.07) is 0. The first-order valence-electron chi connectivity index (χ1n) is 5.93. The number of rotatable bonds is 0. The van der Waals surface area contributed by atoms with Gasteiger partial charge in [0.15, 0.2) is 0 Å². The van der Waals surface area contributed by atoms with E-state index in [-0.39, 0.29) is 23.4 Å². The van der Waals surface area contributed by atoms with Crippen LogP contribution >= 0.6 is 0 Å². The molecule has 16 heavy (non-hydrogen) atoms. The molecule has 0 saturated carbocycles. The Morgan fingerprint density at radius 2 is 2.12 bits per heavy atom. The largest absolute Gasteiger partial charge is 0.465 e. The van der Waals surface area contributed by atoms with Gasteiger partial charge in [0.2, 0.25) is 0 Å². The molecule has 2 rings (SSSR count). The summed E-state index contributed by atoms with van der Waals surface area (Å²) in [5, 5.41) is 0. The van der Waals surface area contributed by atoms with Crippen molar-refractivity contribution in [3.8, 4) is 0 Å². The lowest BCUT2D eigenvalue weighted by atomic mass is 9.86. The van der Waals surface area contributed by atoms with Gasteiger partial charge in [-0.2, -0.15) is 0 Å². The number of esters is 1. The minimum absolute atomic E-state index is 0.0826. The van der Waals surface area contributed by atoms with E-state index < -0.39 is 0 Å². The van der Waals surface area contributed by atoms with Crippen LogP contribution < -0.4 is 0 Å². The van der Waals surface area contributed by atoms with Gasteiger partial charge in [0.1, 0.15) is 0 Å². The summed E-state index contributed by atoms with van der Waals surface area (Å²) >= 11 is 0. The molecular formula is C13H20O3. The molecule has 1 aliphatic heterocycles. The van der Waals surface area contributed by atoms with Gasteiger partial charge >= 0.3 is 5.97 Å². The number of hydrogen-bond acceptors (Lipinski definition) is 3. The van der Waals surface area contributed by atoms with E-state index in [1.165, 1.54) is 5.57 Å². The van der Waals surface area contributed by atoms with E-state index in [4.69, 9.17) is 9.47 Å². The summed E-state index contributed by atoms with van der Waals surface area (Å²) in [5.41, 5.74) is 1.23. The van der Waals surface area contributed by atoms with Crippen molar-refractivity contribution in [1.82, 2.24) is 0 Å². The second-order valence-electron chi connectivity index (χ2n) is 5.71. The Morgan fingerprint density at radius 1 is 1.38 bits per heavy atom. The average molecular weight is 224 g/mol. The summed E-state index contributed by atoms with van der Waals surface area (Å²) in [5.74, 6) is -0.193. The molecule has 1 saturated heterocycles. The summed E-state index contributed by atoms with van der Waals surface area (Å²) in [4.78, 5) is 11.9. The smallest absolute Gasteiger partial charge is 0.311 e. The van der Waals surface area contributed by atoms with E-state index >= 15 is 0 Å². The van der Waals surface area contributed by atoms with Gasteiger partial charge < -0.3 is 9.47 Å². The van der Waals surface area contributed by atoms with Gasteiger partial charge in [-0.3, -0.25) is 4.79 Å². The Kier molecular flexibility index (Phi) is 3.06. The number of fused-ring (bicyclic) bond motifs is 1. The molecule has 0 spiro atoms. The minimum Gasteiger partial charge on any atom is -0.465 e. The van der Waals surface area contributed by atoms with Crippen LogP contribution in [0.2, 0.25) is 0 Å². The van der Waals surface area contributed by atoms with Gasteiger partial charge in [-0.05, 0) is 19.8 Å². The number of cyclic esters (lactones) is 1. The van der Waals surface area contributed by atoms with Crippen molar-refractivity contribution in [2.75, 3.05) is 13.2 Å². The van der Waals surface area contributed by atoms with Crippen LogP contribution in [-0.4, -0.2) is 25.3 Å². The zero-order valence-corrected chi connectivity index (χ0v) is 10.3. The third-order valence-corrected chi connectivity index (χ3v) is 3.27. The molecule has 0 aromatic rings. The first kappa shape index (κ1) is 11.6. The molecule has 3 nitrogen and oxygen atoms in total. The van der Waals surface area contributed by atoms with Crippen LogP contribution in [0.25, 0.3) is 0 Å². The minimum atomic E-state index is -0.0974. The molecule has 1 aliphatic carbocycles. The molecule has 3 heteroatoms. The molecule has 2 aliphatic rings. The summed E-state index contributed by atoms with van der Waals surface area (Å²) < 4.78 is 11.2. The second-order valence-corrected chi connectivity index (χ2v) is 5.71. The van der Waals surface area contributed by atoms with Crippen molar-refractivity contribution in [3.05, 3.63) is 11.6 Å². The number of hydrogen-bond donors (Lipinski definition) is 0. The fourth-order valence-corrected chi connectivity index (χ4v) is 2.18. The number of ether oxygens (including phenoxy) is 2. The molecule has 1 heterocycles. The van der Waals surface area contributed by atoms with Gasteiger partial charge in [0, 0.05) is 5.41 Å². The Morgan fingerprint density at radius 3 is 2.88 bits per heavy atom. The third kappa shape index (κ3) is 2.46. The van der Waals surface area contributed by atoms with Crippen molar-refractivity contribution in [3.63, 3.8) is 0 Å². The fourth-order valence-electron chi connectivity index (χ4n) is 2.18. The van der Waals surface area contributed by atoms with E-state index in [0.29, 0.717) is 13.2 Å². The van der Waals surface area contributed by atoms with Crippen LogP contribution in [0.1, 0.15) is 33.6 Å². The lowest BCUT2D eigenvalue weighted by Gasteiger charge is -2.35. The molecule has 0 bridgehead atoms. The molecular weight excluding hydrogens is 204 g/mol. The highest BCUT2D eigenvalue weighted by Crippen LogP contribution is 2.31. The van der Waals surface area contributed by atoms with E-state index in [9.17, 15) is 4.79 Å². The van der Waals surface area contributed by atoms with Crippen LogP contribution in [0.15, 0.2) is 11.6 Å². The molecule has 0 aromatic carbocycles. The van der Waals surface area contributed by atoms with E-state index in [2.05, 4.69) is 26.8 Å². The fraction of sp³-hybridized carbons (Fsp3) is 0.769. The van der Waals surface area contributed by atoms with Crippen LogP contribution in [0, 0.1) is 11.3 Å². The van der Waals surface area contributed by atoms with Gasteiger partial charge in [-0.25, -0.2) is 0 Å². The summed E-state index contributed by atoms with van der Waals surface area (Å²) in [6.45, 7) is 7.30. The van der Waals surface area contributed by atoms with Crippen molar-refractivity contribution in [1.29, 1.82) is 0 Å². The highest BCUT2D eigenvalue weighted by atomic mass is 16.5. The number of carbonyl (C=O) groups excluding carboxylic acids is 1. The normalized spacial score (nSPS) is 34.2. The lowest BCUT2D eigenvalue weighted by Crippen LogP contribution is -2.41. The van der Waals surface area contributed by atoms with Crippen LogP contribution in [0.3, 0.4) is 0 Å². The zero-order valence-electron chi connectivity index (χ0n) is 10.3. The van der Waals surface area contributed by atoms with E-state index in [1.54, 1.807) is 0 Å². The zero-order chi connectivity index (χ0) is 11.8. The van der Waals surface area contributed by atoms with Gasteiger partial charge in [0.05, 0.1) is 25.2 Å². The monoisotopic (exact) mass is 224 g/mol. The molecule has 0 radical (unpaired) electrons. The molecule has 0 aromatic heterocycles. The number of carbonyl (C=O) groups is 1. The predicted octanol–water partition coefficient (Wildman–Crippen LogP) is 2.31. The first-order chi connectivity index (χ1) is 7.48. The van der Waals surface area contributed by atoms with Gasteiger partial charge in [-0.1, -0.05) is 25.5 Å². The summed E-state index contributed by atoms with van der Waals surface area (Å²) in [7, 11) is 0. The van der Waals surface area contributed by atoms with Gasteiger partial charge in [0.25, 0.3) is 0 Å². The average Bonchev–Trinajstić information content (AvgIpc) is 2.22. The van der Waals surface area contributed by atoms with E-state index in [1.807, 2.05) is 0 Å². The molecule has 0 N–H and O–H groups in total. The molecule has 1 fully saturated rings. The maximum atomic E-state index is 11.9. The van der Waals surface area contributed by atoms with Gasteiger partial charge in [-0.15, -0.1) is 0 Å². The molecule has 2 atom stereocenters. The van der Waals surface area contributed by atoms with E-state index in [0.717, 1.165) is 12.8 Å². The van der Waals surface area contributed by atoms with Crippen LogP contribution in [0.5, 0.6) is 0 Å². The maximum Gasteiger partial charge on any atom is 0.311 e. The van der Waals surface area contributed by atoms with Crippen LogP contribution in [-0.2, 0) is 14.3 Å². The first-order valence-corrected chi connectivity index (χ1v) is 5.93. The Labute approximate surface area is 96.8 Å². The number of allylic oxidation sites excluding steroid dienone is 1. The predicted molar refractivity (Wildman–Crippen MR) is 61.0 cm³/mol. The Hall–Kier alpha value is -0.830. The Balaban J connectivity index is 2.16.